The molecule has 1 unspecified atom stereocenters. The lowest BCUT2D eigenvalue weighted by Crippen LogP contribution is -2.25. The Balaban J connectivity index is 1.75. The molecule has 1 aromatic heterocycles. The molecular formula is C20H26FN3OS. The lowest BCUT2D eigenvalue weighted by atomic mass is 9.94. The van der Waals surface area contributed by atoms with Gasteiger partial charge in [-0.25, -0.2) is 4.39 Å². The molecule has 26 heavy (non-hydrogen) atoms. The molecule has 1 amide bonds. The highest BCUT2D eigenvalue weighted by Crippen LogP contribution is 2.33. The summed E-state index contributed by atoms with van der Waals surface area (Å²) in [5.41, 5.74) is 4.11. The summed E-state index contributed by atoms with van der Waals surface area (Å²) in [6.45, 7) is 2.99. The summed E-state index contributed by atoms with van der Waals surface area (Å²) >= 11 is 1.89. The van der Waals surface area contributed by atoms with Gasteiger partial charge in [-0.15, -0.1) is 0 Å². The van der Waals surface area contributed by atoms with E-state index >= 15 is 0 Å². The number of nitrogens with zero attached hydrogens (tertiary/aromatic N) is 3. The molecule has 0 spiro atoms. The first kappa shape index (κ1) is 19.0. The van der Waals surface area contributed by atoms with Gasteiger partial charge in [0.05, 0.1) is 0 Å². The smallest absolute Gasteiger partial charge is 0.274 e. The summed E-state index contributed by atoms with van der Waals surface area (Å²) in [6.07, 6.45) is 3.93. The second kappa shape index (κ2) is 8.25. The number of carbonyl (C=O) groups excluding carboxylic acids is 1. The Kier molecular flexibility index (Phi) is 6.01. The molecule has 1 heterocycles. The zero-order valence-corrected chi connectivity index (χ0v) is 16.5. The number of benzene rings is 1. The van der Waals surface area contributed by atoms with Crippen molar-refractivity contribution in [2.45, 2.75) is 50.2 Å². The number of halogens is 1. The summed E-state index contributed by atoms with van der Waals surface area (Å²) in [5, 5.41) is 5.10. The van der Waals surface area contributed by atoms with Crippen molar-refractivity contribution in [1.82, 2.24) is 14.7 Å². The third-order valence-corrected chi connectivity index (χ3v) is 6.12. The highest BCUT2D eigenvalue weighted by atomic mass is 32.2. The predicted octanol–water partition coefficient (Wildman–Crippen LogP) is 3.92. The van der Waals surface area contributed by atoms with E-state index in [-0.39, 0.29) is 11.7 Å². The molecule has 3 rings (SSSR count). The van der Waals surface area contributed by atoms with Gasteiger partial charge in [0.15, 0.2) is 5.69 Å². The van der Waals surface area contributed by atoms with E-state index < -0.39 is 0 Å². The Labute approximate surface area is 158 Å². The molecule has 0 radical (unpaired) electrons. The van der Waals surface area contributed by atoms with E-state index in [1.54, 1.807) is 19.0 Å². The average molecular weight is 376 g/mol. The number of thioether (sulfide) groups is 1. The number of aryl methyl sites for hydroxylation is 1. The van der Waals surface area contributed by atoms with Crippen LogP contribution in [-0.4, -0.2) is 39.9 Å². The molecule has 6 heteroatoms. The number of hydrogen-bond donors (Lipinski definition) is 0. The Hall–Kier alpha value is -1.82. The number of hydrogen-bond acceptors (Lipinski definition) is 3. The number of aromatic nitrogens is 2. The summed E-state index contributed by atoms with van der Waals surface area (Å²) in [5.74, 6) is 0.650. The topological polar surface area (TPSA) is 38.1 Å². The van der Waals surface area contributed by atoms with Crippen molar-refractivity contribution < 1.29 is 9.18 Å². The van der Waals surface area contributed by atoms with Crippen LogP contribution in [0.3, 0.4) is 0 Å². The van der Waals surface area contributed by atoms with E-state index in [4.69, 9.17) is 0 Å². The van der Waals surface area contributed by atoms with Gasteiger partial charge in [-0.2, -0.15) is 16.9 Å². The van der Waals surface area contributed by atoms with Gasteiger partial charge < -0.3 is 4.90 Å². The van der Waals surface area contributed by atoms with Crippen molar-refractivity contribution in [2.75, 3.05) is 14.1 Å². The highest BCUT2D eigenvalue weighted by Gasteiger charge is 2.29. The summed E-state index contributed by atoms with van der Waals surface area (Å²) < 4.78 is 15.1. The number of fused-ring (bicyclic) bond motifs is 1. The van der Waals surface area contributed by atoms with E-state index in [1.807, 2.05) is 28.6 Å². The maximum absolute atomic E-state index is 13.0. The van der Waals surface area contributed by atoms with Gasteiger partial charge in [0.1, 0.15) is 5.82 Å². The molecule has 140 valence electrons. The lowest BCUT2D eigenvalue weighted by molar-refractivity contribution is 0.0820. The molecule has 1 atom stereocenters. The van der Waals surface area contributed by atoms with Gasteiger partial charge in [0.25, 0.3) is 5.91 Å². The third kappa shape index (κ3) is 4.11. The number of amides is 1. The predicted molar refractivity (Wildman–Crippen MR) is 104 cm³/mol. The van der Waals surface area contributed by atoms with Gasteiger partial charge in [0.2, 0.25) is 0 Å². The maximum atomic E-state index is 13.0. The molecule has 0 bridgehead atoms. The van der Waals surface area contributed by atoms with Crippen LogP contribution in [0, 0.1) is 5.82 Å². The van der Waals surface area contributed by atoms with E-state index in [1.165, 1.54) is 17.8 Å². The van der Waals surface area contributed by atoms with E-state index in [9.17, 15) is 9.18 Å². The summed E-state index contributed by atoms with van der Waals surface area (Å²) in [4.78, 5) is 14.2. The van der Waals surface area contributed by atoms with Crippen molar-refractivity contribution in [3.8, 4) is 0 Å². The van der Waals surface area contributed by atoms with E-state index in [0.29, 0.717) is 10.9 Å². The Morgan fingerprint density at radius 1 is 1.35 bits per heavy atom. The van der Waals surface area contributed by atoms with Gasteiger partial charge in [0, 0.05) is 42.9 Å². The fraction of sp³-hybridized carbons (Fsp3) is 0.500. The first-order valence-electron chi connectivity index (χ1n) is 9.15. The fourth-order valence-electron chi connectivity index (χ4n) is 3.37. The minimum atomic E-state index is -0.198. The van der Waals surface area contributed by atoms with Crippen molar-refractivity contribution in [1.29, 1.82) is 0 Å². The molecule has 0 aliphatic heterocycles. The third-order valence-electron chi connectivity index (χ3n) is 4.74. The number of carbonyl (C=O) groups is 1. The van der Waals surface area contributed by atoms with Crippen LogP contribution in [-0.2, 0) is 25.1 Å². The van der Waals surface area contributed by atoms with Crippen LogP contribution >= 0.6 is 11.8 Å². The molecule has 1 aromatic carbocycles. The van der Waals surface area contributed by atoms with Crippen LogP contribution in [0.4, 0.5) is 4.39 Å². The van der Waals surface area contributed by atoms with Gasteiger partial charge in [-0.1, -0.05) is 19.1 Å². The van der Waals surface area contributed by atoms with E-state index in [0.717, 1.165) is 49.1 Å². The van der Waals surface area contributed by atoms with Crippen LogP contribution in [0.25, 0.3) is 0 Å². The molecular weight excluding hydrogens is 349 g/mol. The van der Waals surface area contributed by atoms with Crippen molar-refractivity contribution in [3.63, 3.8) is 0 Å². The van der Waals surface area contributed by atoms with Crippen molar-refractivity contribution in [2.24, 2.45) is 0 Å². The molecule has 1 aliphatic rings. The molecule has 4 nitrogen and oxygen atoms in total. The van der Waals surface area contributed by atoms with Crippen molar-refractivity contribution >= 4 is 17.7 Å². The van der Waals surface area contributed by atoms with Gasteiger partial charge in [-0.05, 0) is 43.4 Å². The SMILES string of the molecule is CCCn1nc(C(=O)N(C)C)c2c1CCC(SCc1ccc(F)cc1)C2. The standard InChI is InChI=1S/C20H26FN3OS/c1-4-11-24-18-10-9-16(26-13-14-5-7-15(21)8-6-14)12-17(18)19(22-24)20(25)23(2)3/h5-8,16H,4,9-13H2,1-3H3. The Morgan fingerprint density at radius 2 is 2.08 bits per heavy atom. The largest absolute Gasteiger partial charge is 0.343 e. The van der Waals surface area contributed by atoms with Crippen LogP contribution in [0.1, 0.15) is 47.1 Å². The molecule has 2 aromatic rings. The lowest BCUT2D eigenvalue weighted by Gasteiger charge is -2.23. The van der Waals surface area contributed by atoms with Crippen molar-refractivity contribution in [3.05, 3.63) is 52.6 Å². The van der Waals surface area contributed by atoms with Gasteiger partial charge >= 0.3 is 0 Å². The minimum Gasteiger partial charge on any atom is -0.343 e. The zero-order valence-electron chi connectivity index (χ0n) is 15.7. The second-order valence-electron chi connectivity index (χ2n) is 7.00. The van der Waals surface area contributed by atoms with Gasteiger partial charge in [-0.3, -0.25) is 9.48 Å². The summed E-state index contributed by atoms with van der Waals surface area (Å²) in [7, 11) is 3.55. The molecule has 0 N–H and O–H groups in total. The van der Waals surface area contributed by atoms with Crippen LogP contribution in [0.15, 0.2) is 24.3 Å². The number of rotatable bonds is 6. The van der Waals surface area contributed by atoms with Crippen LogP contribution in [0.2, 0.25) is 0 Å². The normalized spacial score (nSPS) is 16.4. The van der Waals surface area contributed by atoms with E-state index in [2.05, 4.69) is 12.0 Å². The average Bonchev–Trinajstić information content (AvgIpc) is 2.98. The molecule has 0 fully saturated rings. The second-order valence-corrected chi connectivity index (χ2v) is 8.29. The first-order valence-corrected chi connectivity index (χ1v) is 10.2. The molecule has 0 saturated heterocycles. The quantitative estimate of drug-likeness (QED) is 0.768. The molecule has 1 aliphatic carbocycles. The highest BCUT2D eigenvalue weighted by molar-refractivity contribution is 7.99. The fourth-order valence-corrected chi connectivity index (χ4v) is 4.56. The minimum absolute atomic E-state index is 0.0136. The first-order chi connectivity index (χ1) is 12.5. The van der Waals surface area contributed by atoms with Crippen LogP contribution in [0.5, 0.6) is 0 Å². The Morgan fingerprint density at radius 3 is 2.73 bits per heavy atom. The zero-order chi connectivity index (χ0) is 18.7. The molecule has 0 saturated carbocycles. The monoisotopic (exact) mass is 375 g/mol. The van der Waals surface area contributed by atoms with Crippen LogP contribution < -0.4 is 0 Å². The Bertz CT molecular complexity index is 770. The summed E-state index contributed by atoms with van der Waals surface area (Å²) in [6, 6.07) is 6.71. The maximum Gasteiger partial charge on any atom is 0.274 e.